The Kier molecular flexibility index (Phi) is 7.12. The summed E-state index contributed by atoms with van der Waals surface area (Å²) in [6.07, 6.45) is 1.50. The van der Waals surface area contributed by atoms with Gasteiger partial charge in [-0.2, -0.15) is 13.2 Å². The average Bonchev–Trinajstić information content (AvgIpc) is 2.67. The number of halogens is 3. The van der Waals surface area contributed by atoms with Gasteiger partial charge >= 0.3 is 6.18 Å². The molecule has 168 valence electrons. The van der Waals surface area contributed by atoms with Gasteiger partial charge in [-0.3, -0.25) is 4.79 Å². The minimum atomic E-state index is -4.38. The van der Waals surface area contributed by atoms with E-state index in [2.05, 4.69) is 23.9 Å². The largest absolute Gasteiger partial charge is 0.416 e. The molecule has 0 saturated heterocycles. The van der Waals surface area contributed by atoms with Crippen LogP contribution in [0.15, 0.2) is 29.2 Å². The number of hydrogen-bond donors (Lipinski definition) is 2. The molecule has 30 heavy (non-hydrogen) atoms. The fourth-order valence-electron chi connectivity index (χ4n) is 5.20. The molecule has 0 aliphatic heterocycles. The molecule has 3 rings (SSSR count). The van der Waals surface area contributed by atoms with Gasteiger partial charge in [-0.25, -0.2) is 4.72 Å². The smallest absolute Gasteiger partial charge is 0.351 e. The van der Waals surface area contributed by atoms with E-state index in [0.29, 0.717) is 22.6 Å². The zero-order valence-corrected chi connectivity index (χ0v) is 19.0. The van der Waals surface area contributed by atoms with Crippen molar-refractivity contribution in [3.8, 4) is 0 Å². The molecule has 1 aromatic rings. The van der Waals surface area contributed by atoms with Crippen LogP contribution in [0.1, 0.15) is 65.4 Å². The van der Waals surface area contributed by atoms with Crippen LogP contribution in [0.2, 0.25) is 0 Å². The van der Waals surface area contributed by atoms with Gasteiger partial charge in [-0.1, -0.05) is 26.3 Å². The number of hydrogen-bond acceptors (Lipinski definition) is 3. The molecule has 2 aliphatic carbocycles. The van der Waals surface area contributed by atoms with Crippen molar-refractivity contribution in [2.75, 3.05) is 0 Å². The highest BCUT2D eigenvalue weighted by molar-refractivity contribution is 7.97. The summed E-state index contributed by atoms with van der Waals surface area (Å²) in [5, 5.41) is 3.31. The van der Waals surface area contributed by atoms with Crippen LogP contribution in [0.25, 0.3) is 0 Å². The third kappa shape index (κ3) is 5.52. The van der Waals surface area contributed by atoms with E-state index in [0.717, 1.165) is 42.8 Å². The number of nitrogens with one attached hydrogen (secondary N) is 2. The summed E-state index contributed by atoms with van der Waals surface area (Å²) in [6.45, 7) is 8.06. The van der Waals surface area contributed by atoms with E-state index >= 15 is 0 Å². The summed E-state index contributed by atoms with van der Waals surface area (Å²) in [4.78, 5) is 13.5. The Morgan fingerprint density at radius 3 is 2.57 bits per heavy atom. The summed E-state index contributed by atoms with van der Waals surface area (Å²) >= 11 is 1.06. The lowest BCUT2D eigenvalue weighted by Gasteiger charge is -2.48. The molecule has 0 heterocycles. The van der Waals surface area contributed by atoms with E-state index in [1.54, 1.807) is 19.9 Å². The Bertz CT molecular complexity index is 750. The summed E-state index contributed by atoms with van der Waals surface area (Å²) < 4.78 is 41.9. The monoisotopic (exact) mass is 442 g/mol. The van der Waals surface area contributed by atoms with Gasteiger partial charge in [0.2, 0.25) is 5.91 Å². The lowest BCUT2D eigenvalue weighted by Crippen LogP contribution is -2.58. The van der Waals surface area contributed by atoms with Gasteiger partial charge in [-0.05, 0) is 93.3 Å². The lowest BCUT2D eigenvalue weighted by molar-refractivity contribution is -0.137. The zero-order chi connectivity index (χ0) is 22.1. The van der Waals surface area contributed by atoms with E-state index in [1.807, 2.05) is 0 Å². The molecule has 0 radical (unpaired) electrons. The van der Waals surface area contributed by atoms with Crippen LogP contribution in [0.3, 0.4) is 0 Å². The van der Waals surface area contributed by atoms with Crippen LogP contribution >= 0.6 is 11.9 Å². The van der Waals surface area contributed by atoms with Crippen LogP contribution in [0, 0.1) is 23.7 Å². The molecule has 0 aromatic heterocycles. The van der Waals surface area contributed by atoms with Gasteiger partial charge in [0.15, 0.2) is 0 Å². The normalized spacial score (nSPS) is 29.5. The minimum absolute atomic E-state index is 0.0953. The Hall–Kier alpha value is -1.21. The molecule has 2 saturated carbocycles. The van der Waals surface area contributed by atoms with Crippen molar-refractivity contribution in [1.29, 1.82) is 0 Å². The van der Waals surface area contributed by atoms with Crippen molar-refractivity contribution >= 4 is 17.9 Å². The molecule has 2 bridgehead atoms. The van der Waals surface area contributed by atoms with Crippen LogP contribution in [-0.2, 0) is 11.0 Å². The first-order valence-electron chi connectivity index (χ1n) is 10.9. The Balaban J connectivity index is 1.64. The minimum Gasteiger partial charge on any atom is -0.351 e. The first kappa shape index (κ1) is 23.5. The van der Waals surface area contributed by atoms with E-state index in [4.69, 9.17) is 0 Å². The van der Waals surface area contributed by atoms with Crippen molar-refractivity contribution in [3.05, 3.63) is 29.8 Å². The molecular weight excluding hydrogens is 409 g/mol. The van der Waals surface area contributed by atoms with Crippen molar-refractivity contribution in [3.63, 3.8) is 0 Å². The maximum absolute atomic E-state index is 13.1. The SMILES string of the molecule is CCC1CC2CC(C)CC(C2)C1NC(=O)C(C)(C)NSc1cccc(C(F)(F)F)c1. The van der Waals surface area contributed by atoms with Gasteiger partial charge in [0.05, 0.1) is 5.56 Å². The second-order valence-corrected chi connectivity index (χ2v) is 10.6. The maximum atomic E-state index is 13.1. The number of rotatable bonds is 6. The van der Waals surface area contributed by atoms with Gasteiger partial charge in [0.1, 0.15) is 5.54 Å². The topological polar surface area (TPSA) is 41.1 Å². The van der Waals surface area contributed by atoms with E-state index in [1.165, 1.54) is 25.3 Å². The fourth-order valence-corrected chi connectivity index (χ4v) is 6.00. The Labute approximate surface area is 182 Å². The fraction of sp³-hybridized carbons (Fsp3) is 0.696. The first-order valence-corrected chi connectivity index (χ1v) is 11.7. The molecule has 0 spiro atoms. The number of fused-ring (bicyclic) bond motifs is 2. The van der Waals surface area contributed by atoms with Crippen molar-refractivity contribution in [2.45, 2.75) is 82.5 Å². The van der Waals surface area contributed by atoms with Crippen LogP contribution < -0.4 is 10.0 Å². The lowest BCUT2D eigenvalue weighted by atomic mass is 9.62. The molecular formula is C23H33F3N2OS. The highest BCUT2D eigenvalue weighted by Crippen LogP contribution is 2.46. The van der Waals surface area contributed by atoms with Gasteiger partial charge in [-0.15, -0.1) is 0 Å². The number of benzene rings is 1. The van der Waals surface area contributed by atoms with Crippen LogP contribution in [0.4, 0.5) is 13.2 Å². The molecule has 2 N–H and O–H groups in total. The molecule has 2 fully saturated rings. The molecule has 1 aromatic carbocycles. The molecule has 7 heteroatoms. The van der Waals surface area contributed by atoms with Crippen molar-refractivity contribution in [2.24, 2.45) is 23.7 Å². The van der Waals surface area contributed by atoms with Gasteiger partial charge in [0.25, 0.3) is 0 Å². The summed E-state index contributed by atoms with van der Waals surface area (Å²) in [6, 6.07) is 5.33. The van der Waals surface area contributed by atoms with Crippen LogP contribution in [-0.4, -0.2) is 17.5 Å². The van der Waals surface area contributed by atoms with E-state index < -0.39 is 17.3 Å². The highest BCUT2D eigenvalue weighted by Gasteiger charge is 2.43. The summed E-state index contributed by atoms with van der Waals surface area (Å²) in [5.41, 5.74) is -1.60. The number of alkyl halides is 3. The second kappa shape index (κ2) is 9.11. The third-order valence-electron chi connectivity index (χ3n) is 6.70. The van der Waals surface area contributed by atoms with Gasteiger partial charge in [0, 0.05) is 10.9 Å². The molecule has 2 aliphatic rings. The molecule has 5 unspecified atom stereocenters. The Morgan fingerprint density at radius 2 is 1.90 bits per heavy atom. The van der Waals surface area contributed by atoms with Crippen molar-refractivity contribution < 1.29 is 18.0 Å². The Morgan fingerprint density at radius 1 is 1.17 bits per heavy atom. The third-order valence-corrected chi connectivity index (χ3v) is 7.81. The predicted molar refractivity (Wildman–Crippen MR) is 115 cm³/mol. The number of amides is 1. The van der Waals surface area contributed by atoms with Crippen molar-refractivity contribution in [1.82, 2.24) is 10.0 Å². The quantitative estimate of drug-likeness (QED) is 0.527. The molecule has 5 atom stereocenters. The van der Waals surface area contributed by atoms with E-state index in [-0.39, 0.29) is 11.9 Å². The van der Waals surface area contributed by atoms with Crippen LogP contribution in [0.5, 0.6) is 0 Å². The zero-order valence-electron chi connectivity index (χ0n) is 18.2. The number of carbonyl (C=O) groups excluding carboxylic acids is 1. The first-order chi connectivity index (χ1) is 14.0. The molecule has 1 amide bonds. The maximum Gasteiger partial charge on any atom is 0.416 e. The average molecular weight is 443 g/mol. The summed E-state index contributed by atoms with van der Waals surface area (Å²) in [7, 11) is 0. The summed E-state index contributed by atoms with van der Waals surface area (Å²) in [5.74, 6) is 2.40. The standard InChI is InChI=1S/C23H33F3N2OS/c1-5-16-11-15-9-14(2)10-17(12-15)20(16)27-21(29)22(3,4)28-30-19-8-6-7-18(13-19)23(24,25)26/h6-8,13-17,20,28H,5,9-12H2,1-4H3,(H,27,29). The van der Waals surface area contributed by atoms with Gasteiger partial charge < -0.3 is 5.32 Å². The molecule has 3 nitrogen and oxygen atoms in total. The number of carbonyl (C=O) groups is 1. The second-order valence-electron chi connectivity index (χ2n) is 9.70. The highest BCUT2D eigenvalue weighted by atomic mass is 32.2. The van der Waals surface area contributed by atoms with E-state index in [9.17, 15) is 18.0 Å². The predicted octanol–water partition coefficient (Wildman–Crippen LogP) is 6.05.